The summed E-state index contributed by atoms with van der Waals surface area (Å²) in [5, 5.41) is 11.6. The second-order valence-electron chi connectivity index (χ2n) is 4.23. The van der Waals surface area contributed by atoms with Gasteiger partial charge in [-0.25, -0.2) is 13.6 Å². The lowest BCUT2D eigenvalue weighted by molar-refractivity contribution is 0.0692. The summed E-state index contributed by atoms with van der Waals surface area (Å²) in [6.07, 6.45) is 1.06. The third kappa shape index (κ3) is 2.93. The molecular weight excluding hydrogens is 260 g/mol. The Morgan fingerprint density at radius 1 is 1.44 bits per heavy atom. The number of anilines is 1. The van der Waals surface area contributed by atoms with Crippen LogP contribution >= 0.6 is 11.8 Å². The molecule has 1 saturated heterocycles. The van der Waals surface area contributed by atoms with Crippen LogP contribution in [0.1, 0.15) is 16.8 Å². The minimum absolute atomic E-state index is 0.0469. The van der Waals surface area contributed by atoms with E-state index in [-0.39, 0.29) is 5.69 Å². The van der Waals surface area contributed by atoms with Gasteiger partial charge in [0, 0.05) is 12.6 Å². The third-order valence-electron chi connectivity index (χ3n) is 2.89. The van der Waals surface area contributed by atoms with Crippen LogP contribution in [-0.4, -0.2) is 29.1 Å². The number of carboxylic acids is 1. The van der Waals surface area contributed by atoms with Crippen LogP contribution in [0.3, 0.4) is 0 Å². The zero-order valence-electron chi connectivity index (χ0n) is 9.58. The van der Waals surface area contributed by atoms with Gasteiger partial charge in [0.25, 0.3) is 0 Å². The summed E-state index contributed by atoms with van der Waals surface area (Å²) in [6, 6.07) is 1.62. The molecule has 1 aromatic rings. The lowest BCUT2D eigenvalue weighted by atomic mass is 10.1. The van der Waals surface area contributed by atoms with Crippen molar-refractivity contribution in [1.29, 1.82) is 0 Å². The zero-order chi connectivity index (χ0) is 13.1. The minimum atomic E-state index is -1.40. The number of carboxylic acid groups (broad SMARTS) is 1. The monoisotopic (exact) mass is 273 g/mol. The Morgan fingerprint density at radius 3 is 2.83 bits per heavy atom. The lowest BCUT2D eigenvalue weighted by Crippen LogP contribution is -2.15. The number of nitrogens with one attached hydrogen (secondary N) is 1. The van der Waals surface area contributed by atoms with E-state index in [9.17, 15) is 13.6 Å². The fourth-order valence-corrected chi connectivity index (χ4v) is 3.13. The molecule has 2 rings (SSSR count). The van der Waals surface area contributed by atoms with Gasteiger partial charge in [0.1, 0.15) is 11.6 Å². The second kappa shape index (κ2) is 5.56. The fraction of sp³-hybridized carbons (Fsp3) is 0.417. The molecule has 3 nitrogen and oxygen atoms in total. The van der Waals surface area contributed by atoms with Gasteiger partial charge < -0.3 is 10.4 Å². The number of hydrogen-bond acceptors (Lipinski definition) is 3. The maximum absolute atomic E-state index is 13.5. The van der Waals surface area contributed by atoms with Gasteiger partial charge in [-0.05, 0) is 29.9 Å². The largest absolute Gasteiger partial charge is 0.478 e. The van der Waals surface area contributed by atoms with Crippen molar-refractivity contribution in [2.45, 2.75) is 6.42 Å². The molecule has 98 valence electrons. The SMILES string of the molecule is O=C(O)c1cc(NCC2CCSC2)c(F)cc1F. The van der Waals surface area contributed by atoms with E-state index in [4.69, 9.17) is 5.11 Å². The van der Waals surface area contributed by atoms with Gasteiger partial charge in [-0.1, -0.05) is 0 Å². The first kappa shape index (κ1) is 13.1. The minimum Gasteiger partial charge on any atom is -0.478 e. The molecule has 0 aliphatic carbocycles. The van der Waals surface area contributed by atoms with Crippen LogP contribution in [0.5, 0.6) is 0 Å². The van der Waals surface area contributed by atoms with Crippen LogP contribution in [0.25, 0.3) is 0 Å². The van der Waals surface area contributed by atoms with Gasteiger partial charge in [-0.15, -0.1) is 0 Å². The topological polar surface area (TPSA) is 49.3 Å². The van der Waals surface area contributed by atoms with Crippen molar-refractivity contribution in [1.82, 2.24) is 0 Å². The highest BCUT2D eigenvalue weighted by atomic mass is 32.2. The van der Waals surface area contributed by atoms with Crippen LogP contribution in [0.4, 0.5) is 14.5 Å². The molecule has 1 aliphatic rings. The first-order valence-electron chi connectivity index (χ1n) is 5.62. The van der Waals surface area contributed by atoms with Crippen molar-refractivity contribution < 1.29 is 18.7 Å². The van der Waals surface area contributed by atoms with Crippen molar-refractivity contribution in [3.8, 4) is 0 Å². The Labute approximate surface area is 108 Å². The molecule has 0 radical (unpaired) electrons. The van der Waals surface area contributed by atoms with Crippen molar-refractivity contribution in [2.24, 2.45) is 5.92 Å². The molecule has 0 bridgehead atoms. The summed E-state index contributed by atoms with van der Waals surface area (Å²) < 4.78 is 26.6. The molecule has 1 aliphatic heterocycles. The zero-order valence-corrected chi connectivity index (χ0v) is 10.4. The summed E-state index contributed by atoms with van der Waals surface area (Å²) >= 11 is 1.84. The van der Waals surface area contributed by atoms with Crippen molar-refractivity contribution in [3.63, 3.8) is 0 Å². The van der Waals surface area contributed by atoms with Gasteiger partial charge in [-0.2, -0.15) is 11.8 Å². The average molecular weight is 273 g/mol. The fourth-order valence-electron chi connectivity index (χ4n) is 1.85. The number of aromatic carboxylic acids is 1. The quantitative estimate of drug-likeness (QED) is 0.885. The second-order valence-corrected chi connectivity index (χ2v) is 5.38. The smallest absolute Gasteiger partial charge is 0.338 e. The van der Waals surface area contributed by atoms with E-state index in [1.54, 1.807) is 0 Å². The molecule has 0 aromatic heterocycles. The maximum Gasteiger partial charge on any atom is 0.338 e. The van der Waals surface area contributed by atoms with Gasteiger partial charge in [-0.3, -0.25) is 0 Å². The molecule has 1 aromatic carbocycles. The van der Waals surface area contributed by atoms with E-state index >= 15 is 0 Å². The summed E-state index contributed by atoms with van der Waals surface area (Å²) in [7, 11) is 0. The van der Waals surface area contributed by atoms with Gasteiger partial charge in [0.05, 0.1) is 11.3 Å². The van der Waals surface area contributed by atoms with E-state index in [0.29, 0.717) is 18.5 Å². The number of thioether (sulfide) groups is 1. The highest BCUT2D eigenvalue weighted by Crippen LogP contribution is 2.25. The van der Waals surface area contributed by atoms with Crippen LogP contribution in [0.15, 0.2) is 12.1 Å². The van der Waals surface area contributed by atoms with Gasteiger partial charge in [0.15, 0.2) is 0 Å². The Balaban J connectivity index is 2.11. The molecule has 0 spiro atoms. The molecule has 1 heterocycles. The first-order chi connectivity index (χ1) is 8.58. The van der Waals surface area contributed by atoms with Crippen LogP contribution < -0.4 is 5.32 Å². The number of carbonyl (C=O) groups is 1. The summed E-state index contributed by atoms with van der Waals surface area (Å²) in [5.41, 5.74) is -0.467. The highest BCUT2D eigenvalue weighted by molar-refractivity contribution is 7.99. The molecular formula is C12H13F2NO2S. The molecule has 6 heteroatoms. The summed E-state index contributed by atoms with van der Waals surface area (Å²) in [4.78, 5) is 10.8. The van der Waals surface area contributed by atoms with E-state index in [2.05, 4.69) is 5.32 Å². The number of rotatable bonds is 4. The standard InChI is InChI=1S/C12H13F2NO2S/c13-9-4-10(14)11(3-8(9)12(16)17)15-5-7-1-2-18-6-7/h3-4,7,15H,1-2,5-6H2,(H,16,17). The summed E-state index contributed by atoms with van der Waals surface area (Å²) in [6.45, 7) is 0.578. The number of benzene rings is 1. The lowest BCUT2D eigenvalue weighted by Gasteiger charge is -2.12. The Morgan fingerprint density at radius 2 is 2.22 bits per heavy atom. The predicted octanol–water partition coefficient (Wildman–Crippen LogP) is 2.83. The maximum atomic E-state index is 13.5. The first-order valence-corrected chi connectivity index (χ1v) is 6.77. The number of hydrogen-bond donors (Lipinski definition) is 2. The Hall–Kier alpha value is -1.30. The molecule has 1 unspecified atom stereocenters. The van der Waals surface area contributed by atoms with Gasteiger partial charge in [0.2, 0.25) is 0 Å². The van der Waals surface area contributed by atoms with Gasteiger partial charge >= 0.3 is 5.97 Å². The van der Waals surface area contributed by atoms with Crippen molar-refractivity contribution >= 4 is 23.4 Å². The number of halogens is 2. The van der Waals surface area contributed by atoms with E-state index < -0.39 is 23.2 Å². The average Bonchev–Trinajstić information content (AvgIpc) is 2.80. The van der Waals surface area contributed by atoms with Crippen molar-refractivity contribution in [2.75, 3.05) is 23.4 Å². The Kier molecular flexibility index (Phi) is 4.06. The third-order valence-corrected chi connectivity index (χ3v) is 4.12. The van der Waals surface area contributed by atoms with Crippen LogP contribution in [0.2, 0.25) is 0 Å². The highest BCUT2D eigenvalue weighted by Gasteiger charge is 2.18. The van der Waals surface area contributed by atoms with E-state index in [0.717, 1.165) is 24.0 Å². The molecule has 1 fully saturated rings. The molecule has 0 saturated carbocycles. The normalized spacial score (nSPS) is 18.9. The van der Waals surface area contributed by atoms with Crippen molar-refractivity contribution in [3.05, 3.63) is 29.3 Å². The summed E-state index contributed by atoms with van der Waals surface area (Å²) in [5.74, 6) is -0.648. The van der Waals surface area contributed by atoms with Crippen LogP contribution in [-0.2, 0) is 0 Å². The van der Waals surface area contributed by atoms with E-state index in [1.165, 1.54) is 0 Å². The molecule has 1 atom stereocenters. The van der Waals surface area contributed by atoms with E-state index in [1.807, 2.05) is 11.8 Å². The predicted molar refractivity (Wildman–Crippen MR) is 67.2 cm³/mol. The Bertz CT molecular complexity index is 462. The van der Waals surface area contributed by atoms with Crippen LogP contribution in [0, 0.1) is 17.6 Å². The molecule has 0 amide bonds. The molecule has 2 N–H and O–H groups in total. The molecule has 18 heavy (non-hydrogen) atoms.